The summed E-state index contributed by atoms with van der Waals surface area (Å²) in [6.45, 7) is 0. The molecule has 2 aromatic rings. The Balaban J connectivity index is 1.11. The molecular formula is C25H29N3O3S. The summed E-state index contributed by atoms with van der Waals surface area (Å²) in [5.41, 5.74) is 7.01. The first-order chi connectivity index (χ1) is 15.5. The number of amides is 2. The van der Waals surface area contributed by atoms with Gasteiger partial charge in [0, 0.05) is 23.4 Å². The van der Waals surface area contributed by atoms with Crippen molar-refractivity contribution in [2.75, 3.05) is 7.11 Å². The van der Waals surface area contributed by atoms with E-state index in [9.17, 15) is 9.59 Å². The van der Waals surface area contributed by atoms with Crippen LogP contribution in [0.15, 0.2) is 35.7 Å². The van der Waals surface area contributed by atoms with Crippen molar-refractivity contribution in [3.8, 4) is 16.3 Å². The van der Waals surface area contributed by atoms with Gasteiger partial charge in [-0.1, -0.05) is 0 Å². The summed E-state index contributed by atoms with van der Waals surface area (Å²) in [6.07, 6.45) is 11.2. The third-order valence-corrected chi connectivity index (χ3v) is 8.20. The molecule has 2 amide bonds. The van der Waals surface area contributed by atoms with Crippen molar-refractivity contribution in [1.29, 1.82) is 0 Å². The fourth-order valence-electron chi connectivity index (χ4n) is 6.45. The first-order valence-electron chi connectivity index (χ1n) is 11.4. The number of rotatable bonds is 6. The Hall–Kier alpha value is -2.67. The van der Waals surface area contributed by atoms with Crippen LogP contribution in [0.3, 0.4) is 0 Å². The van der Waals surface area contributed by atoms with E-state index in [0.29, 0.717) is 12.1 Å². The molecule has 1 heterocycles. The number of thiazole rings is 1. The summed E-state index contributed by atoms with van der Waals surface area (Å²) in [5.74, 6) is 2.80. The van der Waals surface area contributed by atoms with E-state index >= 15 is 0 Å². The minimum absolute atomic E-state index is 0.0795. The summed E-state index contributed by atoms with van der Waals surface area (Å²) >= 11 is 1.51. The Morgan fingerprint density at radius 1 is 1.09 bits per heavy atom. The van der Waals surface area contributed by atoms with Gasteiger partial charge in [-0.2, -0.15) is 0 Å². The van der Waals surface area contributed by atoms with Crippen molar-refractivity contribution in [2.45, 2.75) is 44.9 Å². The molecular weight excluding hydrogens is 422 g/mol. The number of ether oxygens (including phenoxy) is 1. The van der Waals surface area contributed by atoms with Crippen LogP contribution in [0.4, 0.5) is 0 Å². The van der Waals surface area contributed by atoms with E-state index in [1.165, 1.54) is 55.9 Å². The zero-order valence-corrected chi connectivity index (χ0v) is 19.1. The summed E-state index contributed by atoms with van der Waals surface area (Å²) in [6, 6.07) is 7.70. The number of nitrogens with zero attached hydrogens (tertiary/aromatic N) is 1. The van der Waals surface area contributed by atoms with Gasteiger partial charge in [0.25, 0.3) is 5.91 Å². The second-order valence-corrected chi connectivity index (χ2v) is 10.6. The molecule has 0 atom stereocenters. The fraction of sp³-hybridized carbons (Fsp3) is 0.480. The number of aromatic nitrogens is 1. The number of nitrogens with one attached hydrogen (secondary N) is 2. The number of hydrazine groups is 1. The number of benzene rings is 1. The highest BCUT2D eigenvalue weighted by Crippen LogP contribution is 2.61. The number of carbonyl (C=O) groups is 2. The van der Waals surface area contributed by atoms with Gasteiger partial charge in [-0.3, -0.25) is 20.4 Å². The number of carbonyl (C=O) groups excluding carboxylic acids is 2. The maximum atomic E-state index is 12.5. The zero-order chi connectivity index (χ0) is 22.1. The van der Waals surface area contributed by atoms with Crippen LogP contribution in [0, 0.1) is 23.2 Å². The molecule has 168 valence electrons. The fourth-order valence-corrected chi connectivity index (χ4v) is 7.25. The van der Waals surface area contributed by atoms with Crippen molar-refractivity contribution in [3.05, 3.63) is 41.4 Å². The van der Waals surface area contributed by atoms with E-state index in [2.05, 4.69) is 15.8 Å². The molecule has 32 heavy (non-hydrogen) atoms. The van der Waals surface area contributed by atoms with Gasteiger partial charge >= 0.3 is 0 Å². The van der Waals surface area contributed by atoms with Gasteiger partial charge in [0.2, 0.25) is 5.91 Å². The first-order valence-corrected chi connectivity index (χ1v) is 12.3. The third-order valence-electron chi connectivity index (χ3n) is 7.29. The van der Waals surface area contributed by atoms with Crippen LogP contribution >= 0.6 is 11.3 Å². The molecule has 6 nitrogen and oxygen atoms in total. The minimum atomic E-state index is -0.358. The van der Waals surface area contributed by atoms with Crippen LogP contribution in [-0.4, -0.2) is 23.9 Å². The molecule has 0 radical (unpaired) electrons. The van der Waals surface area contributed by atoms with Crippen molar-refractivity contribution in [1.82, 2.24) is 15.8 Å². The Kier molecular flexibility index (Phi) is 5.76. The van der Waals surface area contributed by atoms with Crippen LogP contribution in [0.1, 0.15) is 50.6 Å². The van der Waals surface area contributed by atoms with Gasteiger partial charge in [0.15, 0.2) is 0 Å². The lowest BCUT2D eigenvalue weighted by atomic mass is 9.49. The Morgan fingerprint density at radius 2 is 1.75 bits per heavy atom. The summed E-state index contributed by atoms with van der Waals surface area (Å²) in [5, 5.41) is 2.77. The molecule has 4 aliphatic rings. The molecule has 4 saturated carbocycles. The normalized spacial score (nSPS) is 28.1. The molecule has 4 fully saturated rings. The van der Waals surface area contributed by atoms with Gasteiger partial charge in [-0.05, 0) is 92.0 Å². The van der Waals surface area contributed by atoms with Gasteiger partial charge in [-0.15, -0.1) is 11.3 Å². The minimum Gasteiger partial charge on any atom is -0.497 e. The second kappa shape index (κ2) is 8.70. The van der Waals surface area contributed by atoms with E-state index in [1.807, 2.05) is 29.6 Å². The van der Waals surface area contributed by atoms with Crippen molar-refractivity contribution in [2.24, 2.45) is 23.2 Å². The lowest BCUT2D eigenvalue weighted by molar-refractivity contribution is -0.133. The summed E-state index contributed by atoms with van der Waals surface area (Å²) in [4.78, 5) is 29.3. The highest BCUT2D eigenvalue weighted by molar-refractivity contribution is 7.13. The first kappa shape index (κ1) is 21.2. The molecule has 2 N–H and O–H groups in total. The van der Waals surface area contributed by atoms with E-state index in [-0.39, 0.29) is 17.2 Å². The Bertz CT molecular complexity index is 992. The van der Waals surface area contributed by atoms with Crippen LogP contribution in [0.2, 0.25) is 0 Å². The predicted molar refractivity (Wildman–Crippen MR) is 125 cm³/mol. The SMILES string of the molecule is COc1ccc(-c2nc(/C=C/C(=O)NNC(=O)CC34CC5CC(CC(C5)C3)C4)cs2)cc1. The van der Waals surface area contributed by atoms with E-state index in [4.69, 9.17) is 4.74 Å². The van der Waals surface area contributed by atoms with Crippen LogP contribution < -0.4 is 15.6 Å². The maximum absolute atomic E-state index is 12.5. The highest BCUT2D eigenvalue weighted by Gasteiger charge is 2.51. The van der Waals surface area contributed by atoms with Gasteiger partial charge in [-0.25, -0.2) is 4.98 Å². The molecule has 1 aromatic carbocycles. The lowest BCUT2D eigenvalue weighted by Gasteiger charge is -2.56. The van der Waals surface area contributed by atoms with Gasteiger partial charge < -0.3 is 4.74 Å². The van der Waals surface area contributed by atoms with Crippen molar-refractivity contribution < 1.29 is 14.3 Å². The zero-order valence-electron chi connectivity index (χ0n) is 18.3. The smallest absolute Gasteiger partial charge is 0.262 e. The molecule has 7 heteroatoms. The van der Waals surface area contributed by atoms with Gasteiger partial charge in [0.1, 0.15) is 10.8 Å². The van der Waals surface area contributed by atoms with Gasteiger partial charge in [0.05, 0.1) is 12.8 Å². The highest BCUT2D eigenvalue weighted by atomic mass is 32.1. The molecule has 6 rings (SSSR count). The van der Waals surface area contributed by atoms with E-state index in [0.717, 1.165) is 34.1 Å². The quantitative estimate of drug-likeness (QED) is 0.497. The average Bonchev–Trinajstić information content (AvgIpc) is 3.24. The molecule has 0 saturated heterocycles. The summed E-state index contributed by atoms with van der Waals surface area (Å²) < 4.78 is 5.18. The predicted octanol–water partition coefficient (Wildman–Crippen LogP) is 4.59. The molecule has 0 unspecified atom stereocenters. The Labute approximate surface area is 192 Å². The number of hydrogen-bond donors (Lipinski definition) is 2. The standard InChI is InChI=1S/C25H29N3O3S/c1-31-21-5-2-19(3-6-21)24-26-20(15-32-24)4-7-22(29)27-28-23(30)14-25-11-16-8-17(12-25)10-18(9-16)13-25/h2-7,15-18H,8-14H2,1H3,(H,27,29)(H,28,30)/b7-4+. The maximum Gasteiger partial charge on any atom is 0.262 e. The molecule has 4 bridgehead atoms. The van der Waals surface area contributed by atoms with Crippen LogP contribution in [0.5, 0.6) is 5.75 Å². The number of methoxy groups -OCH3 is 1. The summed E-state index contributed by atoms with van der Waals surface area (Å²) in [7, 11) is 1.64. The molecule has 0 spiro atoms. The Morgan fingerprint density at radius 3 is 2.38 bits per heavy atom. The second-order valence-electron chi connectivity index (χ2n) is 9.77. The molecule has 4 aliphatic carbocycles. The topological polar surface area (TPSA) is 80.3 Å². The van der Waals surface area contributed by atoms with Crippen LogP contribution in [-0.2, 0) is 9.59 Å². The van der Waals surface area contributed by atoms with Crippen LogP contribution in [0.25, 0.3) is 16.6 Å². The largest absolute Gasteiger partial charge is 0.497 e. The third kappa shape index (κ3) is 4.58. The van der Waals surface area contributed by atoms with Crippen molar-refractivity contribution >= 4 is 29.2 Å². The van der Waals surface area contributed by atoms with E-state index < -0.39 is 0 Å². The van der Waals surface area contributed by atoms with Crippen molar-refractivity contribution in [3.63, 3.8) is 0 Å². The molecule has 1 aromatic heterocycles. The lowest BCUT2D eigenvalue weighted by Crippen LogP contribution is -2.49. The molecule has 0 aliphatic heterocycles. The monoisotopic (exact) mass is 451 g/mol. The average molecular weight is 452 g/mol. The number of hydrogen-bond acceptors (Lipinski definition) is 5. The van der Waals surface area contributed by atoms with E-state index in [1.54, 1.807) is 13.2 Å².